The highest BCUT2D eigenvalue weighted by molar-refractivity contribution is 5.92. The summed E-state index contributed by atoms with van der Waals surface area (Å²) in [5, 5.41) is 17.7. The van der Waals surface area contributed by atoms with Crippen LogP contribution in [0.2, 0.25) is 0 Å². The lowest BCUT2D eigenvalue weighted by Gasteiger charge is -2.15. The Morgan fingerprint density at radius 3 is 1.42 bits per heavy atom. The van der Waals surface area contributed by atoms with E-state index in [1.165, 1.54) is 64.2 Å². The Morgan fingerprint density at radius 2 is 1.00 bits per heavy atom. The summed E-state index contributed by atoms with van der Waals surface area (Å²) in [7, 11) is 0. The molecule has 4 heteroatoms. The van der Waals surface area contributed by atoms with Crippen molar-refractivity contribution in [2.24, 2.45) is 17.8 Å². The Labute approximate surface area is 160 Å². The van der Waals surface area contributed by atoms with Crippen molar-refractivity contribution in [1.82, 2.24) is 0 Å². The molecule has 2 atom stereocenters. The quantitative estimate of drug-likeness (QED) is 0.212. The van der Waals surface area contributed by atoms with Gasteiger partial charge in [0.15, 0.2) is 5.92 Å². The average Bonchev–Trinajstić information content (AvgIpc) is 2.58. The first-order valence-electron chi connectivity index (χ1n) is 10.8. The molecule has 0 saturated carbocycles. The summed E-state index contributed by atoms with van der Waals surface area (Å²) in [6, 6.07) is 0. The molecule has 2 N–H and O–H groups in total. The summed E-state index contributed by atoms with van der Waals surface area (Å²) in [4.78, 5) is 21.6. The molecule has 0 aromatic rings. The van der Waals surface area contributed by atoms with Gasteiger partial charge in [-0.15, -0.1) is 0 Å². The van der Waals surface area contributed by atoms with Crippen molar-refractivity contribution < 1.29 is 19.8 Å². The van der Waals surface area contributed by atoms with E-state index >= 15 is 0 Å². The molecule has 0 amide bonds. The average molecular weight is 371 g/mol. The van der Waals surface area contributed by atoms with Crippen molar-refractivity contribution >= 4 is 11.9 Å². The van der Waals surface area contributed by atoms with E-state index in [0.717, 1.165) is 24.7 Å². The summed E-state index contributed by atoms with van der Waals surface area (Å²) in [6.45, 7) is 7.00. The van der Waals surface area contributed by atoms with Gasteiger partial charge in [0.05, 0.1) is 0 Å². The van der Waals surface area contributed by atoms with Crippen molar-refractivity contribution in [2.75, 3.05) is 0 Å². The van der Waals surface area contributed by atoms with Gasteiger partial charge < -0.3 is 10.2 Å². The molecule has 0 heterocycles. The number of rotatable bonds is 18. The molecule has 2 unspecified atom stereocenters. The van der Waals surface area contributed by atoms with Gasteiger partial charge in [0, 0.05) is 0 Å². The summed E-state index contributed by atoms with van der Waals surface area (Å²) in [5.74, 6) is -2.03. The van der Waals surface area contributed by atoms with Crippen molar-refractivity contribution in [3.63, 3.8) is 0 Å². The van der Waals surface area contributed by atoms with Gasteiger partial charge in [0.1, 0.15) is 0 Å². The largest absolute Gasteiger partial charge is 0.481 e. The van der Waals surface area contributed by atoms with Crippen molar-refractivity contribution in [1.29, 1.82) is 0 Å². The highest BCUT2D eigenvalue weighted by Gasteiger charge is 2.24. The second-order valence-electron chi connectivity index (χ2n) is 8.21. The van der Waals surface area contributed by atoms with E-state index in [1.807, 2.05) is 0 Å². The van der Waals surface area contributed by atoms with Gasteiger partial charge in [-0.1, -0.05) is 104 Å². The van der Waals surface area contributed by atoms with Gasteiger partial charge in [0.2, 0.25) is 0 Å². The van der Waals surface area contributed by atoms with Crippen LogP contribution in [-0.2, 0) is 9.59 Å². The molecule has 4 nitrogen and oxygen atoms in total. The van der Waals surface area contributed by atoms with E-state index in [2.05, 4.69) is 20.8 Å². The van der Waals surface area contributed by atoms with Crippen LogP contribution in [0.1, 0.15) is 111 Å². The second-order valence-corrected chi connectivity index (χ2v) is 8.21. The fourth-order valence-electron chi connectivity index (χ4n) is 3.50. The summed E-state index contributed by atoms with van der Waals surface area (Å²) >= 11 is 0. The van der Waals surface area contributed by atoms with E-state index in [1.54, 1.807) is 0 Å². The fourth-order valence-corrected chi connectivity index (χ4v) is 3.50. The van der Waals surface area contributed by atoms with Crippen LogP contribution >= 0.6 is 0 Å². The summed E-state index contributed by atoms with van der Waals surface area (Å²) in [6.07, 6.45) is 16.1. The Morgan fingerprint density at radius 1 is 0.615 bits per heavy atom. The first kappa shape index (κ1) is 24.9. The standard InChI is InChI=1S/C22H42O4/c1-4-5-6-10-13-18(2)16-17-19(3)14-11-8-7-9-12-15-20(21(23)24)22(25)26/h18-20H,4-17H2,1-3H3,(H,23,24)(H,25,26). The lowest BCUT2D eigenvalue weighted by molar-refractivity contribution is -0.154. The molecule has 0 aliphatic heterocycles. The molecular weight excluding hydrogens is 328 g/mol. The third-order valence-corrected chi connectivity index (χ3v) is 5.49. The molecule has 26 heavy (non-hydrogen) atoms. The first-order valence-corrected chi connectivity index (χ1v) is 10.8. The first-order chi connectivity index (χ1) is 12.4. The zero-order chi connectivity index (χ0) is 19.8. The monoisotopic (exact) mass is 370 g/mol. The maximum Gasteiger partial charge on any atom is 0.317 e. The molecule has 0 aliphatic rings. The minimum atomic E-state index is -1.24. The number of carboxylic acid groups (broad SMARTS) is 2. The SMILES string of the molecule is CCCCCCC(C)CCC(C)CCCCCCCC(C(=O)O)C(=O)O. The summed E-state index contributed by atoms with van der Waals surface area (Å²) < 4.78 is 0. The van der Waals surface area contributed by atoms with Gasteiger partial charge in [-0.05, 0) is 18.3 Å². The van der Waals surface area contributed by atoms with E-state index in [0.29, 0.717) is 6.42 Å². The molecule has 0 rings (SSSR count). The van der Waals surface area contributed by atoms with Crippen LogP contribution in [0.5, 0.6) is 0 Å². The van der Waals surface area contributed by atoms with Gasteiger partial charge >= 0.3 is 11.9 Å². The van der Waals surface area contributed by atoms with Crippen LogP contribution in [-0.4, -0.2) is 22.2 Å². The van der Waals surface area contributed by atoms with E-state index < -0.39 is 17.9 Å². The highest BCUT2D eigenvalue weighted by atomic mass is 16.4. The molecule has 0 bridgehead atoms. The number of hydrogen-bond donors (Lipinski definition) is 2. The van der Waals surface area contributed by atoms with Crippen LogP contribution < -0.4 is 0 Å². The normalized spacial score (nSPS) is 13.7. The lowest BCUT2D eigenvalue weighted by atomic mass is 9.91. The fraction of sp³-hybridized carbons (Fsp3) is 0.909. The van der Waals surface area contributed by atoms with Crippen molar-refractivity contribution in [3.05, 3.63) is 0 Å². The summed E-state index contributed by atoms with van der Waals surface area (Å²) in [5.41, 5.74) is 0. The predicted molar refractivity (Wildman–Crippen MR) is 107 cm³/mol. The molecule has 0 radical (unpaired) electrons. The topological polar surface area (TPSA) is 74.6 Å². The Kier molecular flexibility index (Phi) is 15.5. The van der Waals surface area contributed by atoms with E-state index in [-0.39, 0.29) is 6.42 Å². The number of hydrogen-bond acceptors (Lipinski definition) is 2. The molecule has 0 saturated heterocycles. The highest BCUT2D eigenvalue weighted by Crippen LogP contribution is 2.22. The molecule has 0 aromatic heterocycles. The minimum Gasteiger partial charge on any atom is -0.481 e. The van der Waals surface area contributed by atoms with Crippen LogP contribution in [0.15, 0.2) is 0 Å². The molecule has 0 aromatic carbocycles. The number of carboxylic acids is 2. The van der Waals surface area contributed by atoms with Gasteiger partial charge in [0.25, 0.3) is 0 Å². The van der Waals surface area contributed by atoms with E-state index in [9.17, 15) is 9.59 Å². The third-order valence-electron chi connectivity index (χ3n) is 5.49. The maximum atomic E-state index is 10.8. The van der Waals surface area contributed by atoms with Crippen molar-refractivity contribution in [3.8, 4) is 0 Å². The van der Waals surface area contributed by atoms with Crippen LogP contribution in [0.3, 0.4) is 0 Å². The zero-order valence-electron chi connectivity index (χ0n) is 17.3. The third kappa shape index (κ3) is 14.1. The number of unbranched alkanes of at least 4 members (excludes halogenated alkanes) is 7. The van der Waals surface area contributed by atoms with Crippen LogP contribution in [0, 0.1) is 17.8 Å². The Hall–Kier alpha value is -1.06. The van der Waals surface area contributed by atoms with Gasteiger partial charge in [-0.25, -0.2) is 0 Å². The van der Waals surface area contributed by atoms with Crippen LogP contribution in [0.25, 0.3) is 0 Å². The maximum absolute atomic E-state index is 10.8. The lowest BCUT2D eigenvalue weighted by Crippen LogP contribution is -2.23. The zero-order valence-corrected chi connectivity index (χ0v) is 17.3. The van der Waals surface area contributed by atoms with E-state index in [4.69, 9.17) is 10.2 Å². The van der Waals surface area contributed by atoms with Crippen LogP contribution in [0.4, 0.5) is 0 Å². The predicted octanol–water partition coefficient (Wildman–Crippen LogP) is 6.53. The minimum absolute atomic E-state index is 0.247. The smallest absolute Gasteiger partial charge is 0.317 e. The molecule has 0 aliphatic carbocycles. The Bertz CT molecular complexity index is 353. The molecular formula is C22H42O4. The van der Waals surface area contributed by atoms with Gasteiger partial charge in [-0.3, -0.25) is 9.59 Å². The van der Waals surface area contributed by atoms with Gasteiger partial charge in [-0.2, -0.15) is 0 Å². The molecule has 154 valence electrons. The number of carbonyl (C=O) groups is 2. The Balaban J connectivity index is 3.55. The molecule has 0 fully saturated rings. The van der Waals surface area contributed by atoms with Crippen molar-refractivity contribution in [2.45, 2.75) is 111 Å². The number of aliphatic carboxylic acids is 2. The molecule has 0 spiro atoms. The second kappa shape index (κ2) is 16.1.